The number of anilines is 1. The van der Waals surface area contributed by atoms with Crippen molar-refractivity contribution in [2.45, 2.75) is 63.9 Å². The number of ether oxygens (including phenoxy) is 1. The zero-order chi connectivity index (χ0) is 13.8. The van der Waals surface area contributed by atoms with Crippen molar-refractivity contribution in [3.63, 3.8) is 0 Å². The molecule has 0 unspecified atom stereocenters. The third kappa shape index (κ3) is 4.29. The van der Waals surface area contributed by atoms with E-state index >= 15 is 0 Å². The van der Waals surface area contributed by atoms with E-state index in [1.807, 2.05) is 0 Å². The van der Waals surface area contributed by atoms with Gasteiger partial charge >= 0.3 is 0 Å². The second-order valence-electron chi connectivity index (χ2n) is 6.65. The molecule has 1 aliphatic heterocycles. The summed E-state index contributed by atoms with van der Waals surface area (Å²) in [6, 6.07) is 8.77. The van der Waals surface area contributed by atoms with Crippen LogP contribution in [0.5, 0.6) is 5.75 Å². The molecule has 0 radical (unpaired) electrons. The average molecular weight is 310 g/mol. The molecule has 1 heterocycles. The molecule has 0 N–H and O–H groups in total. The number of hydrogen-bond acceptors (Lipinski definition) is 2. The van der Waals surface area contributed by atoms with E-state index in [4.69, 9.17) is 4.74 Å². The maximum absolute atomic E-state index is 6.27. The zero-order valence-corrected chi connectivity index (χ0v) is 14.0. The third-order valence-corrected chi connectivity index (χ3v) is 4.83. The highest BCUT2D eigenvalue weighted by molar-refractivity contribution is 5.85. The predicted molar refractivity (Wildman–Crippen MR) is 91.9 cm³/mol. The molecule has 3 rings (SSSR count). The van der Waals surface area contributed by atoms with Crippen molar-refractivity contribution in [1.29, 1.82) is 0 Å². The Labute approximate surface area is 135 Å². The van der Waals surface area contributed by atoms with Gasteiger partial charge in [-0.15, -0.1) is 12.4 Å². The Morgan fingerprint density at radius 3 is 2.05 bits per heavy atom. The first-order valence-electron chi connectivity index (χ1n) is 8.29. The summed E-state index contributed by atoms with van der Waals surface area (Å²) in [5.74, 6) is 1.04. The van der Waals surface area contributed by atoms with Gasteiger partial charge in [0.2, 0.25) is 0 Å². The number of benzene rings is 1. The Morgan fingerprint density at radius 1 is 0.857 bits per heavy atom. The van der Waals surface area contributed by atoms with Crippen molar-refractivity contribution in [3.05, 3.63) is 24.3 Å². The number of piperidine rings is 1. The van der Waals surface area contributed by atoms with Crippen LogP contribution in [-0.4, -0.2) is 18.7 Å². The molecule has 2 fully saturated rings. The Bertz CT molecular complexity index is 419. The normalized spacial score (nSPS) is 21.5. The number of nitrogens with zero attached hydrogens (tertiary/aromatic N) is 1. The molecule has 1 saturated carbocycles. The molecule has 0 spiro atoms. The summed E-state index contributed by atoms with van der Waals surface area (Å²) < 4.78 is 6.27. The van der Waals surface area contributed by atoms with E-state index in [1.165, 1.54) is 70.1 Å². The van der Waals surface area contributed by atoms with Gasteiger partial charge in [-0.1, -0.05) is 6.42 Å². The molecule has 0 atom stereocenters. The summed E-state index contributed by atoms with van der Waals surface area (Å²) in [4.78, 5) is 2.50. The monoisotopic (exact) mass is 309 g/mol. The van der Waals surface area contributed by atoms with Crippen LogP contribution in [-0.2, 0) is 0 Å². The topological polar surface area (TPSA) is 12.5 Å². The molecular weight excluding hydrogens is 282 g/mol. The van der Waals surface area contributed by atoms with Gasteiger partial charge in [-0.3, -0.25) is 0 Å². The Balaban J connectivity index is 0.00000161. The average Bonchev–Trinajstić information content (AvgIpc) is 2.49. The van der Waals surface area contributed by atoms with Crippen LogP contribution in [0.2, 0.25) is 0 Å². The minimum Gasteiger partial charge on any atom is -0.488 e. The van der Waals surface area contributed by atoms with Gasteiger partial charge in [-0.05, 0) is 76.1 Å². The molecule has 1 aromatic rings. The minimum atomic E-state index is 0. The van der Waals surface area contributed by atoms with Crippen LogP contribution in [0, 0.1) is 0 Å². The molecule has 1 aromatic carbocycles. The van der Waals surface area contributed by atoms with Gasteiger partial charge in [-0.25, -0.2) is 0 Å². The first-order valence-corrected chi connectivity index (χ1v) is 8.29. The highest BCUT2D eigenvalue weighted by atomic mass is 35.5. The summed E-state index contributed by atoms with van der Waals surface area (Å²) >= 11 is 0. The Morgan fingerprint density at radius 2 is 1.43 bits per heavy atom. The van der Waals surface area contributed by atoms with E-state index < -0.39 is 0 Å². The summed E-state index contributed by atoms with van der Waals surface area (Å²) in [6.07, 6.45) is 10.4. The lowest BCUT2D eigenvalue weighted by atomic mass is 9.86. The largest absolute Gasteiger partial charge is 0.488 e. The summed E-state index contributed by atoms with van der Waals surface area (Å²) in [7, 11) is 0. The van der Waals surface area contributed by atoms with Crippen LogP contribution in [0.4, 0.5) is 5.69 Å². The van der Waals surface area contributed by atoms with Crippen molar-refractivity contribution >= 4 is 18.1 Å². The van der Waals surface area contributed by atoms with E-state index in [0.29, 0.717) is 0 Å². The van der Waals surface area contributed by atoms with E-state index in [2.05, 4.69) is 36.1 Å². The number of rotatable bonds is 3. The second-order valence-corrected chi connectivity index (χ2v) is 6.65. The molecule has 2 nitrogen and oxygen atoms in total. The molecular formula is C18H28ClNO. The molecule has 0 aromatic heterocycles. The molecule has 21 heavy (non-hydrogen) atoms. The predicted octanol–water partition coefficient (Wildman–Crippen LogP) is 5.20. The van der Waals surface area contributed by atoms with Crippen LogP contribution in [0.1, 0.15) is 58.3 Å². The lowest BCUT2D eigenvalue weighted by Crippen LogP contribution is -2.34. The van der Waals surface area contributed by atoms with Gasteiger partial charge in [0.25, 0.3) is 0 Å². The van der Waals surface area contributed by atoms with Crippen molar-refractivity contribution in [2.75, 3.05) is 18.0 Å². The lowest BCUT2D eigenvalue weighted by Gasteiger charge is -2.34. The number of hydrogen-bond donors (Lipinski definition) is 0. The summed E-state index contributed by atoms with van der Waals surface area (Å²) in [5.41, 5.74) is 1.41. The highest BCUT2D eigenvalue weighted by Crippen LogP contribution is 2.33. The van der Waals surface area contributed by atoms with Gasteiger partial charge in [-0.2, -0.15) is 0 Å². The maximum atomic E-state index is 6.27. The van der Waals surface area contributed by atoms with Gasteiger partial charge in [0.05, 0.1) is 0 Å². The van der Waals surface area contributed by atoms with E-state index in [-0.39, 0.29) is 18.0 Å². The second kappa shape index (κ2) is 7.40. The van der Waals surface area contributed by atoms with Crippen molar-refractivity contribution in [2.24, 2.45) is 0 Å². The van der Waals surface area contributed by atoms with E-state index in [0.717, 1.165) is 5.75 Å². The molecule has 0 amide bonds. The lowest BCUT2D eigenvalue weighted by molar-refractivity contribution is 0.0487. The molecule has 0 bridgehead atoms. The van der Waals surface area contributed by atoms with Gasteiger partial charge in [0.1, 0.15) is 11.4 Å². The smallest absolute Gasteiger partial charge is 0.120 e. The fourth-order valence-corrected chi connectivity index (χ4v) is 3.56. The molecule has 3 heteroatoms. The zero-order valence-electron chi connectivity index (χ0n) is 13.1. The highest BCUT2D eigenvalue weighted by Gasteiger charge is 2.28. The molecule has 118 valence electrons. The van der Waals surface area contributed by atoms with Crippen molar-refractivity contribution < 1.29 is 4.74 Å². The van der Waals surface area contributed by atoms with Crippen LogP contribution < -0.4 is 9.64 Å². The fraction of sp³-hybridized carbons (Fsp3) is 0.667. The third-order valence-electron chi connectivity index (χ3n) is 4.83. The molecule has 2 aliphatic rings. The number of halogens is 1. The Hall–Kier alpha value is -0.890. The first-order chi connectivity index (χ1) is 9.75. The quantitative estimate of drug-likeness (QED) is 0.761. The van der Waals surface area contributed by atoms with Gasteiger partial charge < -0.3 is 9.64 Å². The van der Waals surface area contributed by atoms with E-state index in [1.54, 1.807) is 0 Å². The van der Waals surface area contributed by atoms with E-state index in [9.17, 15) is 0 Å². The van der Waals surface area contributed by atoms with Crippen LogP contribution in [0.15, 0.2) is 24.3 Å². The van der Waals surface area contributed by atoms with Gasteiger partial charge in [0, 0.05) is 18.8 Å². The standard InChI is InChI=1S/C18H27NO.ClH/c1-18(12-4-2-5-13-18)20-17-10-8-16(9-11-17)19-14-6-3-7-15-19;/h8-11H,2-7,12-15H2,1H3;1H. The van der Waals surface area contributed by atoms with Crippen LogP contribution >= 0.6 is 12.4 Å². The van der Waals surface area contributed by atoms with Gasteiger partial charge in [0.15, 0.2) is 0 Å². The molecule has 1 saturated heterocycles. The minimum absolute atomic E-state index is 0. The van der Waals surface area contributed by atoms with Crippen molar-refractivity contribution in [3.8, 4) is 5.75 Å². The SMILES string of the molecule is CC1(Oc2ccc(N3CCCCC3)cc2)CCCCC1.Cl. The van der Waals surface area contributed by atoms with Crippen LogP contribution in [0.25, 0.3) is 0 Å². The summed E-state index contributed by atoms with van der Waals surface area (Å²) in [6.45, 7) is 4.68. The van der Waals surface area contributed by atoms with Crippen molar-refractivity contribution in [1.82, 2.24) is 0 Å². The summed E-state index contributed by atoms with van der Waals surface area (Å²) in [5, 5.41) is 0. The maximum Gasteiger partial charge on any atom is 0.120 e. The molecule has 1 aliphatic carbocycles. The van der Waals surface area contributed by atoms with Crippen LogP contribution in [0.3, 0.4) is 0 Å². The first kappa shape index (κ1) is 16.5. The fourth-order valence-electron chi connectivity index (χ4n) is 3.56. The Kier molecular flexibility index (Phi) is 5.80.